The average Bonchev–Trinajstić information content (AvgIpc) is 3.54. The van der Waals surface area contributed by atoms with Crippen LogP contribution in [0.15, 0.2) is 47.6 Å². The number of nitrogens with zero attached hydrogens (tertiary/aromatic N) is 3. The summed E-state index contributed by atoms with van der Waals surface area (Å²) in [6.45, 7) is 20.1. The Morgan fingerprint density at radius 1 is 0.930 bits per heavy atom. The summed E-state index contributed by atoms with van der Waals surface area (Å²) >= 11 is 0. The van der Waals surface area contributed by atoms with Crippen molar-refractivity contribution in [1.82, 2.24) is 9.55 Å². The van der Waals surface area contributed by atoms with E-state index in [0.29, 0.717) is 24.0 Å². The van der Waals surface area contributed by atoms with Crippen LogP contribution < -0.4 is 4.74 Å². The second kappa shape index (κ2) is 10.1. The van der Waals surface area contributed by atoms with Crippen LogP contribution in [0.1, 0.15) is 73.6 Å². The number of rotatable bonds is 3. The van der Waals surface area contributed by atoms with Crippen molar-refractivity contribution in [2.24, 2.45) is 10.4 Å². The number of hydrogen-bond donors (Lipinski definition) is 0. The van der Waals surface area contributed by atoms with E-state index in [1.807, 2.05) is 6.20 Å². The summed E-state index contributed by atoms with van der Waals surface area (Å²) in [5, 5.41) is 2.37. The van der Waals surface area contributed by atoms with Crippen molar-refractivity contribution in [3.8, 4) is 17.2 Å². The van der Waals surface area contributed by atoms with Gasteiger partial charge in [-0.25, -0.2) is 4.98 Å². The molecule has 3 aromatic carbocycles. The molecule has 0 saturated carbocycles. The van der Waals surface area contributed by atoms with E-state index in [1.165, 1.54) is 22.0 Å². The predicted molar refractivity (Wildman–Crippen MR) is 170 cm³/mol. The Morgan fingerprint density at radius 3 is 2.37 bits per heavy atom. The molecule has 0 saturated heterocycles. The molecule has 0 radical (unpaired) electrons. The standard InChI is InChI=1S/C37H37N3O2.Pt/c1-20-13-26-24-11-10-12-27-33(24)40(34(26)38-18-20)29-17-31(23(4)15-28(29)37(27,8)9)42-30-16-25(21(2)14-22(30)3)35-39-32(19-41-35)36(5,6)7;/h10-15,18,32H,19H2,1-9H3;/q-2;+2/t32-;/m0./s1. The second-order valence-corrected chi connectivity index (χ2v) is 13.7. The molecule has 5 aromatic rings. The maximum Gasteiger partial charge on any atom is 2.00 e. The zero-order chi connectivity index (χ0) is 29.7. The van der Waals surface area contributed by atoms with Crippen molar-refractivity contribution in [3.05, 3.63) is 93.7 Å². The number of aromatic nitrogens is 2. The van der Waals surface area contributed by atoms with Gasteiger partial charge in [0.1, 0.15) is 11.5 Å². The number of aryl methyl sites for hydroxylation is 4. The Bertz CT molecular complexity index is 1980. The molecule has 7 rings (SSSR count). The van der Waals surface area contributed by atoms with Crippen LogP contribution in [0, 0.1) is 45.2 Å². The largest absolute Gasteiger partial charge is 2.00 e. The van der Waals surface area contributed by atoms with Crippen molar-refractivity contribution >= 4 is 27.8 Å². The van der Waals surface area contributed by atoms with Gasteiger partial charge in [0.25, 0.3) is 0 Å². The normalized spacial score (nSPS) is 17.0. The van der Waals surface area contributed by atoms with Gasteiger partial charge in [0.05, 0.1) is 18.2 Å². The van der Waals surface area contributed by atoms with Gasteiger partial charge in [-0.1, -0.05) is 96.5 Å². The molecular formula is C37H37N3O2Pt. The molecule has 43 heavy (non-hydrogen) atoms. The zero-order valence-corrected chi connectivity index (χ0v) is 28.6. The minimum atomic E-state index is -0.214. The number of hydrogen-bond acceptors (Lipinski definition) is 4. The van der Waals surface area contributed by atoms with E-state index in [1.54, 1.807) is 0 Å². The van der Waals surface area contributed by atoms with E-state index in [4.69, 9.17) is 19.5 Å². The fraction of sp³-hybridized carbons (Fsp3) is 0.351. The first kappa shape index (κ1) is 29.6. The Morgan fingerprint density at radius 2 is 1.65 bits per heavy atom. The van der Waals surface area contributed by atoms with Crippen LogP contribution in [0.4, 0.5) is 0 Å². The van der Waals surface area contributed by atoms with Gasteiger partial charge in [-0.3, -0.25) is 4.99 Å². The first-order chi connectivity index (χ1) is 19.8. The Kier molecular flexibility index (Phi) is 6.93. The molecule has 2 aromatic heterocycles. The second-order valence-electron chi connectivity index (χ2n) is 13.7. The molecule has 0 unspecified atom stereocenters. The quantitative estimate of drug-likeness (QED) is 0.174. The first-order valence-electron chi connectivity index (χ1n) is 14.7. The SMILES string of the molecule is Cc1cnc2c(c1)c1cccc3c1n2-c1[c-]c(Oc2[c-]c(C4=N[C@H](C(C)(C)C)CO4)c(C)cc2C)c(C)cc1C3(C)C.[Pt+2]. The summed E-state index contributed by atoms with van der Waals surface area (Å²) in [6, 6.07) is 20.6. The van der Waals surface area contributed by atoms with Crippen LogP contribution in [0.5, 0.6) is 11.5 Å². The molecule has 4 heterocycles. The fourth-order valence-corrected chi connectivity index (χ4v) is 6.45. The maximum atomic E-state index is 6.66. The number of benzene rings is 3. The molecule has 0 aliphatic carbocycles. The maximum absolute atomic E-state index is 6.66. The van der Waals surface area contributed by atoms with Gasteiger partial charge < -0.3 is 14.0 Å². The van der Waals surface area contributed by atoms with E-state index in [-0.39, 0.29) is 37.9 Å². The number of para-hydroxylation sites is 1. The minimum Gasteiger partial charge on any atom is -0.518 e. The smallest absolute Gasteiger partial charge is 0.518 e. The third kappa shape index (κ3) is 4.54. The summed E-state index contributed by atoms with van der Waals surface area (Å²) in [7, 11) is 0. The number of fused-ring (bicyclic) bond motifs is 5. The molecule has 6 heteroatoms. The van der Waals surface area contributed by atoms with Gasteiger partial charge in [0.2, 0.25) is 0 Å². The van der Waals surface area contributed by atoms with Crippen molar-refractivity contribution in [3.63, 3.8) is 0 Å². The van der Waals surface area contributed by atoms with Gasteiger partial charge in [-0.15, -0.1) is 28.8 Å². The van der Waals surface area contributed by atoms with Crippen LogP contribution >= 0.6 is 0 Å². The van der Waals surface area contributed by atoms with Crippen LogP contribution in [0.3, 0.4) is 0 Å². The Hall–Kier alpha value is -3.43. The summed E-state index contributed by atoms with van der Waals surface area (Å²) in [6.07, 6.45) is 1.94. The van der Waals surface area contributed by atoms with Crippen molar-refractivity contribution in [2.45, 2.75) is 73.8 Å². The van der Waals surface area contributed by atoms with Gasteiger partial charge >= 0.3 is 21.1 Å². The van der Waals surface area contributed by atoms with E-state index in [0.717, 1.165) is 44.5 Å². The van der Waals surface area contributed by atoms with E-state index < -0.39 is 0 Å². The number of pyridine rings is 1. The molecule has 5 nitrogen and oxygen atoms in total. The third-order valence-corrected chi connectivity index (χ3v) is 9.03. The minimum absolute atomic E-state index is 0. The van der Waals surface area contributed by atoms with Gasteiger partial charge in [0, 0.05) is 28.5 Å². The van der Waals surface area contributed by atoms with Crippen LogP contribution in [0.25, 0.3) is 27.6 Å². The summed E-state index contributed by atoms with van der Waals surface area (Å²) in [5.41, 5.74) is 10.5. The van der Waals surface area contributed by atoms with E-state index in [9.17, 15) is 0 Å². The zero-order valence-electron chi connectivity index (χ0n) is 26.3. The monoisotopic (exact) mass is 750 g/mol. The number of ether oxygens (including phenoxy) is 2. The summed E-state index contributed by atoms with van der Waals surface area (Å²) in [5.74, 6) is 1.98. The van der Waals surface area contributed by atoms with Crippen molar-refractivity contribution in [1.29, 1.82) is 0 Å². The first-order valence-corrected chi connectivity index (χ1v) is 14.7. The molecule has 2 aliphatic rings. The van der Waals surface area contributed by atoms with E-state index >= 15 is 0 Å². The van der Waals surface area contributed by atoms with Crippen LogP contribution in [-0.2, 0) is 31.2 Å². The average molecular weight is 751 g/mol. The third-order valence-electron chi connectivity index (χ3n) is 9.03. The van der Waals surface area contributed by atoms with Gasteiger partial charge in [-0.05, 0) is 34.9 Å². The van der Waals surface area contributed by atoms with Gasteiger partial charge in [-0.2, -0.15) is 6.07 Å². The van der Waals surface area contributed by atoms with Crippen molar-refractivity contribution in [2.75, 3.05) is 6.61 Å². The molecule has 0 fully saturated rings. The molecule has 222 valence electrons. The van der Waals surface area contributed by atoms with E-state index in [2.05, 4.69) is 115 Å². The summed E-state index contributed by atoms with van der Waals surface area (Å²) in [4.78, 5) is 9.84. The molecule has 0 amide bonds. The number of aliphatic imine (C=N–C) groups is 1. The molecule has 0 spiro atoms. The summed E-state index contributed by atoms with van der Waals surface area (Å²) < 4.78 is 15.0. The fourth-order valence-electron chi connectivity index (χ4n) is 6.45. The topological polar surface area (TPSA) is 48.6 Å². The van der Waals surface area contributed by atoms with Gasteiger partial charge in [0.15, 0.2) is 0 Å². The predicted octanol–water partition coefficient (Wildman–Crippen LogP) is 8.63. The Labute approximate surface area is 268 Å². The molecule has 1 atom stereocenters. The molecular weight excluding hydrogens is 714 g/mol. The van der Waals surface area contributed by atoms with Crippen LogP contribution in [-0.4, -0.2) is 28.1 Å². The molecule has 0 N–H and O–H groups in total. The van der Waals surface area contributed by atoms with Crippen LogP contribution in [0.2, 0.25) is 0 Å². The Balaban J connectivity index is 0.00000329. The molecule has 2 aliphatic heterocycles. The van der Waals surface area contributed by atoms with Crippen molar-refractivity contribution < 1.29 is 30.5 Å². The molecule has 0 bridgehead atoms.